The normalized spacial score (nSPS) is 15.1. The van der Waals surface area contributed by atoms with E-state index >= 15 is 0 Å². The molecule has 13 heteroatoms. The van der Waals surface area contributed by atoms with Gasteiger partial charge in [-0.05, 0) is 43.0 Å². The first kappa shape index (κ1) is 27.1. The van der Waals surface area contributed by atoms with E-state index in [0.29, 0.717) is 5.52 Å². The average Bonchev–Trinajstić information content (AvgIpc) is 3.52. The van der Waals surface area contributed by atoms with Crippen molar-refractivity contribution in [3.8, 4) is 16.9 Å². The minimum Gasteiger partial charge on any atom is -0.405 e. The molecule has 0 radical (unpaired) electrons. The SMILES string of the molecule is O=S(=O)(CC1CC1)c1ccc(C(O)c2nc3c(Cl)c(-c4ccccc4OC(F)(F)F)c(Cl)cc3[nH]2)c(Cl)c1. The third-order valence-corrected chi connectivity index (χ3v) is 8.98. The minimum absolute atomic E-state index is 0.00198. The number of aliphatic hydroxyl groups is 1. The second kappa shape index (κ2) is 9.91. The lowest BCUT2D eigenvalue weighted by Crippen LogP contribution is -2.17. The molecule has 0 spiro atoms. The van der Waals surface area contributed by atoms with Crippen molar-refractivity contribution in [2.24, 2.45) is 5.92 Å². The number of aromatic nitrogens is 2. The van der Waals surface area contributed by atoms with Crippen LogP contribution >= 0.6 is 34.8 Å². The summed E-state index contributed by atoms with van der Waals surface area (Å²) in [6.45, 7) is 0. The van der Waals surface area contributed by atoms with Crippen molar-refractivity contribution in [1.29, 1.82) is 0 Å². The zero-order chi connectivity index (χ0) is 27.4. The molecule has 2 N–H and O–H groups in total. The fourth-order valence-electron chi connectivity index (χ4n) is 4.12. The topological polar surface area (TPSA) is 92.3 Å². The summed E-state index contributed by atoms with van der Waals surface area (Å²) in [7, 11) is -3.51. The van der Waals surface area contributed by atoms with Crippen LogP contribution in [0.2, 0.25) is 15.1 Å². The number of halogens is 6. The number of nitrogens with zero attached hydrogens (tertiary/aromatic N) is 1. The Hall–Kier alpha value is -2.50. The smallest absolute Gasteiger partial charge is 0.405 e. The third kappa shape index (κ3) is 5.46. The van der Waals surface area contributed by atoms with Crippen molar-refractivity contribution in [3.63, 3.8) is 0 Å². The van der Waals surface area contributed by atoms with Gasteiger partial charge >= 0.3 is 6.36 Å². The summed E-state index contributed by atoms with van der Waals surface area (Å²) in [5.41, 5.74) is 0.713. The number of aliphatic hydroxyl groups excluding tert-OH is 1. The van der Waals surface area contributed by atoms with E-state index in [1.165, 1.54) is 42.5 Å². The van der Waals surface area contributed by atoms with Crippen molar-refractivity contribution in [1.82, 2.24) is 9.97 Å². The molecule has 1 saturated carbocycles. The lowest BCUT2D eigenvalue weighted by Gasteiger charge is -2.15. The molecule has 0 aliphatic heterocycles. The Bertz CT molecular complexity index is 1650. The number of para-hydroxylation sites is 1. The van der Waals surface area contributed by atoms with Crippen LogP contribution in [0, 0.1) is 5.92 Å². The van der Waals surface area contributed by atoms with E-state index in [1.807, 2.05) is 0 Å². The monoisotopic (exact) mass is 604 g/mol. The number of sulfone groups is 1. The van der Waals surface area contributed by atoms with Gasteiger partial charge in [-0.3, -0.25) is 0 Å². The number of H-pyrrole nitrogens is 1. The zero-order valence-corrected chi connectivity index (χ0v) is 22.3. The number of nitrogens with one attached hydrogen (secondary N) is 1. The van der Waals surface area contributed by atoms with E-state index < -0.39 is 28.1 Å². The average molecular weight is 606 g/mol. The van der Waals surface area contributed by atoms with Crippen molar-refractivity contribution in [2.45, 2.75) is 30.2 Å². The maximum atomic E-state index is 12.9. The molecule has 1 aromatic heterocycles. The Kier molecular flexibility index (Phi) is 7.06. The molecule has 0 saturated heterocycles. The van der Waals surface area contributed by atoms with Gasteiger partial charge < -0.3 is 14.8 Å². The predicted molar refractivity (Wildman–Crippen MR) is 139 cm³/mol. The molecule has 1 unspecified atom stereocenters. The Morgan fingerprint density at radius 3 is 2.45 bits per heavy atom. The Balaban J connectivity index is 1.52. The van der Waals surface area contributed by atoms with Crippen LogP contribution in [0.25, 0.3) is 22.2 Å². The van der Waals surface area contributed by atoms with Crippen LogP contribution in [-0.2, 0) is 9.84 Å². The van der Waals surface area contributed by atoms with Gasteiger partial charge in [0.25, 0.3) is 0 Å². The van der Waals surface area contributed by atoms with Gasteiger partial charge in [0, 0.05) is 21.7 Å². The predicted octanol–water partition coefficient (Wildman–Crippen LogP) is 7.35. The first-order chi connectivity index (χ1) is 17.8. The molecule has 6 nitrogen and oxygen atoms in total. The largest absolute Gasteiger partial charge is 0.573 e. The van der Waals surface area contributed by atoms with Crippen molar-refractivity contribution in [2.75, 3.05) is 5.75 Å². The van der Waals surface area contributed by atoms with E-state index in [2.05, 4.69) is 14.7 Å². The molecule has 1 aliphatic carbocycles. The summed E-state index contributed by atoms with van der Waals surface area (Å²) in [4.78, 5) is 7.30. The van der Waals surface area contributed by atoms with Gasteiger partial charge in [-0.15, -0.1) is 13.2 Å². The highest BCUT2D eigenvalue weighted by molar-refractivity contribution is 7.91. The van der Waals surface area contributed by atoms with E-state index in [0.717, 1.165) is 18.9 Å². The molecule has 5 rings (SSSR count). The Morgan fingerprint density at radius 1 is 1.08 bits per heavy atom. The molecule has 0 amide bonds. The summed E-state index contributed by atoms with van der Waals surface area (Å²) in [5.74, 6) is -0.269. The van der Waals surface area contributed by atoms with Crippen molar-refractivity contribution in [3.05, 3.63) is 75.0 Å². The summed E-state index contributed by atoms with van der Waals surface area (Å²) in [6, 6.07) is 10.9. The van der Waals surface area contributed by atoms with Crippen LogP contribution in [-0.4, -0.2) is 35.6 Å². The van der Waals surface area contributed by atoms with Crippen LogP contribution in [0.15, 0.2) is 53.4 Å². The van der Waals surface area contributed by atoms with Crippen LogP contribution in [0.4, 0.5) is 13.2 Å². The molecule has 1 fully saturated rings. The first-order valence-corrected chi connectivity index (χ1v) is 14.1. The number of alkyl halides is 3. The van der Waals surface area contributed by atoms with E-state index in [-0.39, 0.29) is 59.7 Å². The first-order valence-electron chi connectivity index (χ1n) is 11.3. The molecular formula is C25H18Cl3F3N2O4S. The minimum atomic E-state index is -4.94. The number of ether oxygens (including phenoxy) is 1. The molecular weight excluding hydrogens is 588 g/mol. The quantitative estimate of drug-likeness (QED) is 0.230. The van der Waals surface area contributed by atoms with Crippen LogP contribution in [0.1, 0.15) is 30.3 Å². The zero-order valence-electron chi connectivity index (χ0n) is 19.2. The lowest BCUT2D eigenvalue weighted by molar-refractivity contribution is -0.274. The van der Waals surface area contributed by atoms with Gasteiger partial charge in [0.05, 0.1) is 26.2 Å². The summed E-state index contributed by atoms with van der Waals surface area (Å²) >= 11 is 19.3. The number of fused-ring (bicyclic) bond motifs is 1. The summed E-state index contributed by atoms with van der Waals surface area (Å²) in [6.07, 6.45) is -4.57. The van der Waals surface area contributed by atoms with Gasteiger partial charge in [0.15, 0.2) is 9.84 Å². The van der Waals surface area contributed by atoms with Crippen molar-refractivity contribution < 1.29 is 31.4 Å². The van der Waals surface area contributed by atoms with E-state index in [1.54, 1.807) is 0 Å². The number of aromatic amines is 1. The Morgan fingerprint density at radius 2 is 1.79 bits per heavy atom. The lowest BCUT2D eigenvalue weighted by atomic mass is 10.0. The molecule has 3 aromatic carbocycles. The fourth-order valence-corrected chi connectivity index (χ4v) is 6.89. The maximum Gasteiger partial charge on any atom is 0.573 e. The third-order valence-electron chi connectivity index (χ3n) is 6.11. The standard InChI is InChI=1S/C25H18Cl3F3N2O4S/c26-16-9-13(38(35,36)11-12-5-6-12)7-8-14(16)23(34)24-32-18-10-17(27)20(21(28)22(18)33-24)15-3-1-2-4-19(15)37-25(29,30)31/h1-4,7-10,12,23,34H,5-6,11H2,(H,32,33). The Labute approximate surface area is 230 Å². The molecule has 1 aliphatic rings. The molecule has 1 atom stereocenters. The molecule has 200 valence electrons. The number of hydrogen-bond donors (Lipinski definition) is 2. The second-order valence-electron chi connectivity index (χ2n) is 8.92. The number of benzene rings is 3. The van der Waals surface area contributed by atoms with Crippen molar-refractivity contribution >= 4 is 55.7 Å². The van der Waals surface area contributed by atoms with Crippen LogP contribution < -0.4 is 4.74 Å². The number of rotatable bonds is 7. The number of imidazole rings is 1. The fraction of sp³-hybridized carbons (Fsp3) is 0.240. The van der Waals surface area contributed by atoms with Gasteiger partial charge in [-0.2, -0.15) is 0 Å². The molecule has 4 aromatic rings. The maximum absolute atomic E-state index is 12.9. The van der Waals surface area contributed by atoms with Gasteiger partial charge in [0.1, 0.15) is 23.2 Å². The second-order valence-corrected chi connectivity index (χ2v) is 12.1. The van der Waals surface area contributed by atoms with Gasteiger partial charge in [0.2, 0.25) is 0 Å². The molecule has 1 heterocycles. The summed E-state index contributed by atoms with van der Waals surface area (Å²) < 4.78 is 68.2. The van der Waals surface area contributed by atoms with Gasteiger partial charge in [-0.25, -0.2) is 13.4 Å². The highest BCUT2D eigenvalue weighted by Crippen LogP contribution is 2.44. The van der Waals surface area contributed by atoms with Crippen LogP contribution in [0.3, 0.4) is 0 Å². The molecule has 38 heavy (non-hydrogen) atoms. The van der Waals surface area contributed by atoms with Crippen LogP contribution in [0.5, 0.6) is 5.75 Å². The summed E-state index contributed by atoms with van der Waals surface area (Å²) in [5, 5.41) is 11.0. The highest BCUT2D eigenvalue weighted by atomic mass is 35.5. The van der Waals surface area contributed by atoms with Gasteiger partial charge in [-0.1, -0.05) is 59.1 Å². The highest BCUT2D eigenvalue weighted by Gasteiger charge is 2.33. The van der Waals surface area contributed by atoms with E-state index in [9.17, 15) is 26.7 Å². The van der Waals surface area contributed by atoms with E-state index in [4.69, 9.17) is 34.8 Å². The number of hydrogen-bond acceptors (Lipinski definition) is 5. The molecule has 0 bridgehead atoms.